The highest BCUT2D eigenvalue weighted by Crippen LogP contribution is 2.30. The maximum atomic E-state index is 11.6. The van der Waals surface area contributed by atoms with Crippen molar-refractivity contribution < 1.29 is 9.53 Å². The molecule has 3 N–H and O–H groups in total. The molecule has 1 aliphatic rings. The number of hydrogen-bond acceptors (Lipinski definition) is 3. The van der Waals surface area contributed by atoms with Crippen LogP contribution in [-0.2, 0) is 9.53 Å². The van der Waals surface area contributed by atoms with E-state index in [9.17, 15) is 4.79 Å². The number of carbonyl (C=O) groups excluding carboxylic acids is 1. The number of amides is 1. The van der Waals surface area contributed by atoms with E-state index in [4.69, 9.17) is 10.5 Å². The Labute approximate surface area is 91.5 Å². The minimum absolute atomic E-state index is 0.0601. The quantitative estimate of drug-likeness (QED) is 0.727. The number of hydrogen-bond donors (Lipinski definition) is 2. The summed E-state index contributed by atoms with van der Waals surface area (Å²) in [5.74, 6) is -0.0601. The van der Waals surface area contributed by atoms with Crippen LogP contribution in [0.4, 0.5) is 0 Å². The molecule has 4 heteroatoms. The minimum Gasteiger partial charge on any atom is -0.366 e. The molecular formula is C11H22N2O2. The second kappa shape index (κ2) is 4.49. The molecule has 0 spiro atoms. The molecule has 0 saturated heterocycles. The average molecular weight is 214 g/mol. The Morgan fingerprint density at radius 1 is 1.47 bits per heavy atom. The van der Waals surface area contributed by atoms with Gasteiger partial charge in [0, 0.05) is 6.54 Å². The number of nitrogens with two attached hydrogens (primary N) is 1. The molecule has 0 aromatic carbocycles. The molecule has 1 saturated carbocycles. The summed E-state index contributed by atoms with van der Waals surface area (Å²) in [5.41, 5.74) is 5.23. The molecule has 0 aliphatic heterocycles. The lowest BCUT2D eigenvalue weighted by Crippen LogP contribution is -2.59. The number of ether oxygens (including phenoxy) is 1. The molecule has 0 atom stereocenters. The van der Waals surface area contributed by atoms with Gasteiger partial charge in [-0.1, -0.05) is 0 Å². The van der Waals surface area contributed by atoms with E-state index in [1.807, 2.05) is 20.8 Å². The van der Waals surface area contributed by atoms with Crippen LogP contribution in [0.25, 0.3) is 0 Å². The molecule has 1 aliphatic carbocycles. The predicted molar refractivity (Wildman–Crippen MR) is 59.5 cm³/mol. The minimum atomic E-state index is -0.271. The fraction of sp³-hybridized carbons (Fsp3) is 0.909. The Bertz CT molecular complexity index is 224. The van der Waals surface area contributed by atoms with Gasteiger partial charge in [-0.3, -0.25) is 4.79 Å². The highest BCUT2D eigenvalue weighted by atomic mass is 16.5. The van der Waals surface area contributed by atoms with Crippen molar-refractivity contribution in [2.24, 2.45) is 5.73 Å². The van der Waals surface area contributed by atoms with Crippen LogP contribution in [-0.4, -0.2) is 30.2 Å². The maximum absolute atomic E-state index is 11.6. The van der Waals surface area contributed by atoms with Crippen molar-refractivity contribution in [3.05, 3.63) is 0 Å². The highest BCUT2D eigenvalue weighted by Gasteiger charge is 2.36. The third kappa shape index (κ3) is 3.80. The van der Waals surface area contributed by atoms with Gasteiger partial charge < -0.3 is 15.8 Å². The van der Waals surface area contributed by atoms with Gasteiger partial charge in [0.25, 0.3) is 0 Å². The molecule has 88 valence electrons. The molecule has 1 rings (SSSR count). The van der Waals surface area contributed by atoms with Crippen molar-refractivity contribution in [2.45, 2.75) is 51.2 Å². The zero-order valence-corrected chi connectivity index (χ0v) is 9.93. The van der Waals surface area contributed by atoms with Crippen LogP contribution >= 0.6 is 0 Å². The Morgan fingerprint density at radius 2 is 2.07 bits per heavy atom. The molecule has 0 aromatic rings. The Balaban J connectivity index is 2.29. The lowest BCUT2D eigenvalue weighted by molar-refractivity contribution is -0.133. The molecule has 15 heavy (non-hydrogen) atoms. The van der Waals surface area contributed by atoms with Gasteiger partial charge in [0.15, 0.2) is 0 Å². The fourth-order valence-corrected chi connectivity index (χ4v) is 1.60. The first-order valence-corrected chi connectivity index (χ1v) is 5.52. The zero-order valence-electron chi connectivity index (χ0n) is 9.93. The van der Waals surface area contributed by atoms with Crippen LogP contribution < -0.4 is 11.1 Å². The molecule has 0 radical (unpaired) electrons. The molecule has 0 aromatic heterocycles. The Morgan fingerprint density at radius 3 is 2.40 bits per heavy atom. The second-order valence-corrected chi connectivity index (χ2v) is 5.29. The van der Waals surface area contributed by atoms with Gasteiger partial charge in [-0.25, -0.2) is 0 Å². The van der Waals surface area contributed by atoms with Crippen LogP contribution in [0.15, 0.2) is 0 Å². The highest BCUT2D eigenvalue weighted by molar-refractivity contribution is 5.78. The molecule has 0 bridgehead atoms. The summed E-state index contributed by atoms with van der Waals surface area (Å²) < 4.78 is 5.40. The van der Waals surface area contributed by atoms with E-state index < -0.39 is 0 Å². The fourth-order valence-electron chi connectivity index (χ4n) is 1.60. The van der Waals surface area contributed by atoms with E-state index in [1.165, 1.54) is 0 Å². The summed E-state index contributed by atoms with van der Waals surface area (Å²) in [7, 11) is 0. The summed E-state index contributed by atoms with van der Waals surface area (Å²) in [6, 6.07) is 0. The summed E-state index contributed by atoms with van der Waals surface area (Å²) in [6.45, 7) is 6.44. The first-order valence-electron chi connectivity index (χ1n) is 5.52. The van der Waals surface area contributed by atoms with Gasteiger partial charge in [-0.15, -0.1) is 0 Å². The second-order valence-electron chi connectivity index (χ2n) is 5.29. The molecule has 0 unspecified atom stereocenters. The third-order valence-electron chi connectivity index (χ3n) is 2.74. The standard InChI is InChI=1S/C11H22N2O2/c1-10(2,3)15-7-9(14)13-11(8-12)5-4-6-11/h4-8,12H2,1-3H3,(H,13,14). The van der Waals surface area contributed by atoms with Gasteiger partial charge in [0.2, 0.25) is 5.91 Å². The van der Waals surface area contributed by atoms with Crippen molar-refractivity contribution >= 4 is 5.91 Å². The van der Waals surface area contributed by atoms with E-state index in [0.29, 0.717) is 6.54 Å². The van der Waals surface area contributed by atoms with Crippen molar-refractivity contribution in [3.8, 4) is 0 Å². The summed E-state index contributed by atoms with van der Waals surface area (Å²) >= 11 is 0. The van der Waals surface area contributed by atoms with Gasteiger partial charge in [-0.2, -0.15) is 0 Å². The van der Waals surface area contributed by atoms with Gasteiger partial charge in [0.05, 0.1) is 11.1 Å². The molecule has 4 nitrogen and oxygen atoms in total. The summed E-state index contributed by atoms with van der Waals surface area (Å²) in [5, 5.41) is 2.96. The van der Waals surface area contributed by atoms with E-state index in [0.717, 1.165) is 19.3 Å². The van der Waals surface area contributed by atoms with Crippen LogP contribution in [0.2, 0.25) is 0 Å². The van der Waals surface area contributed by atoms with E-state index in [2.05, 4.69) is 5.32 Å². The normalized spacial score (nSPS) is 19.5. The van der Waals surface area contributed by atoms with Crippen LogP contribution in [0.3, 0.4) is 0 Å². The Hall–Kier alpha value is -0.610. The van der Waals surface area contributed by atoms with Gasteiger partial charge in [0.1, 0.15) is 6.61 Å². The van der Waals surface area contributed by atoms with Crippen LogP contribution in [0, 0.1) is 0 Å². The van der Waals surface area contributed by atoms with Gasteiger partial charge >= 0.3 is 0 Å². The number of carbonyl (C=O) groups is 1. The van der Waals surface area contributed by atoms with E-state index in [1.54, 1.807) is 0 Å². The van der Waals surface area contributed by atoms with Crippen molar-refractivity contribution in [3.63, 3.8) is 0 Å². The summed E-state index contributed by atoms with van der Waals surface area (Å²) in [4.78, 5) is 11.6. The zero-order chi connectivity index (χ0) is 11.5. The van der Waals surface area contributed by atoms with Crippen molar-refractivity contribution in [2.75, 3.05) is 13.2 Å². The summed E-state index contributed by atoms with van der Waals surface area (Å²) in [6.07, 6.45) is 3.13. The molecule has 1 amide bonds. The predicted octanol–water partition coefficient (Wildman–Crippen LogP) is 0.799. The lowest BCUT2D eigenvalue weighted by Gasteiger charge is -2.41. The largest absolute Gasteiger partial charge is 0.366 e. The molecule has 0 heterocycles. The van der Waals surface area contributed by atoms with Gasteiger partial charge in [-0.05, 0) is 40.0 Å². The maximum Gasteiger partial charge on any atom is 0.246 e. The van der Waals surface area contributed by atoms with E-state index in [-0.39, 0.29) is 23.7 Å². The third-order valence-corrected chi connectivity index (χ3v) is 2.74. The van der Waals surface area contributed by atoms with Crippen molar-refractivity contribution in [1.29, 1.82) is 0 Å². The van der Waals surface area contributed by atoms with Crippen molar-refractivity contribution in [1.82, 2.24) is 5.32 Å². The molecular weight excluding hydrogens is 192 g/mol. The van der Waals surface area contributed by atoms with E-state index >= 15 is 0 Å². The van der Waals surface area contributed by atoms with Crippen LogP contribution in [0.5, 0.6) is 0 Å². The first-order chi connectivity index (χ1) is 6.87. The topological polar surface area (TPSA) is 64.3 Å². The average Bonchev–Trinajstić information content (AvgIpc) is 2.07. The SMILES string of the molecule is CC(C)(C)OCC(=O)NC1(CN)CCC1. The first kappa shape index (κ1) is 12.5. The number of nitrogens with one attached hydrogen (secondary N) is 1. The van der Waals surface area contributed by atoms with Crippen LogP contribution in [0.1, 0.15) is 40.0 Å². The molecule has 1 fully saturated rings. The smallest absolute Gasteiger partial charge is 0.246 e. The lowest BCUT2D eigenvalue weighted by atomic mass is 9.77. The Kier molecular flexibility index (Phi) is 3.73. The number of rotatable bonds is 4. The monoisotopic (exact) mass is 214 g/mol.